The molecule has 1 atom stereocenters. The summed E-state index contributed by atoms with van der Waals surface area (Å²) in [5.74, 6) is -0.134. The fourth-order valence-corrected chi connectivity index (χ4v) is 1.87. The number of hydrogen-bond donors (Lipinski definition) is 1. The molecule has 1 unspecified atom stereocenters. The molecule has 0 fully saturated rings. The van der Waals surface area contributed by atoms with Crippen LogP contribution in [0.4, 0.5) is 4.39 Å². The molecule has 0 bridgehead atoms. The molecule has 0 amide bonds. The van der Waals surface area contributed by atoms with E-state index in [1.165, 1.54) is 18.9 Å². The second-order valence-corrected chi connectivity index (χ2v) is 4.38. The first-order valence-corrected chi connectivity index (χ1v) is 6.20. The van der Waals surface area contributed by atoms with Gasteiger partial charge < -0.3 is 5.32 Å². The van der Waals surface area contributed by atoms with Crippen molar-refractivity contribution in [3.63, 3.8) is 0 Å². The minimum atomic E-state index is -0.134. The van der Waals surface area contributed by atoms with Crippen LogP contribution in [0.15, 0.2) is 24.3 Å². The maximum atomic E-state index is 12.9. The van der Waals surface area contributed by atoms with Crippen molar-refractivity contribution in [1.29, 1.82) is 0 Å². The minimum absolute atomic E-state index is 0.134. The van der Waals surface area contributed by atoms with E-state index in [2.05, 4.69) is 19.2 Å². The Morgan fingerprint density at radius 1 is 1.38 bits per heavy atom. The van der Waals surface area contributed by atoms with E-state index in [0.717, 1.165) is 24.9 Å². The van der Waals surface area contributed by atoms with E-state index in [9.17, 15) is 4.39 Å². The van der Waals surface area contributed by atoms with Crippen molar-refractivity contribution in [1.82, 2.24) is 5.32 Å². The van der Waals surface area contributed by atoms with Crippen molar-refractivity contribution in [2.24, 2.45) is 0 Å². The quantitative estimate of drug-likeness (QED) is 0.697. The van der Waals surface area contributed by atoms with Gasteiger partial charge in [0.1, 0.15) is 5.82 Å². The zero-order chi connectivity index (χ0) is 11.8. The molecule has 0 aliphatic carbocycles. The summed E-state index contributed by atoms with van der Waals surface area (Å²) in [5, 5.41) is 3.47. The van der Waals surface area contributed by atoms with Crippen LogP contribution in [0.5, 0.6) is 0 Å². The Morgan fingerprint density at radius 2 is 2.19 bits per heavy atom. The molecular weight excluding hydrogens is 201 g/mol. The lowest BCUT2D eigenvalue weighted by Crippen LogP contribution is -2.26. The Morgan fingerprint density at radius 3 is 2.88 bits per heavy atom. The van der Waals surface area contributed by atoms with Crippen molar-refractivity contribution in [3.05, 3.63) is 35.6 Å². The highest BCUT2D eigenvalue weighted by atomic mass is 19.1. The van der Waals surface area contributed by atoms with Crippen molar-refractivity contribution >= 4 is 0 Å². The summed E-state index contributed by atoms with van der Waals surface area (Å²) < 4.78 is 12.9. The number of hydrogen-bond acceptors (Lipinski definition) is 1. The molecule has 16 heavy (non-hydrogen) atoms. The molecule has 0 saturated carbocycles. The summed E-state index contributed by atoms with van der Waals surface area (Å²) in [4.78, 5) is 0. The van der Waals surface area contributed by atoms with Gasteiger partial charge in [-0.2, -0.15) is 0 Å². The largest absolute Gasteiger partial charge is 0.314 e. The zero-order valence-corrected chi connectivity index (χ0v) is 10.3. The van der Waals surface area contributed by atoms with Gasteiger partial charge in [-0.25, -0.2) is 4.39 Å². The third kappa shape index (κ3) is 5.26. The molecule has 0 aromatic heterocycles. The van der Waals surface area contributed by atoms with E-state index in [-0.39, 0.29) is 5.82 Å². The van der Waals surface area contributed by atoms with Gasteiger partial charge in [0.25, 0.3) is 0 Å². The molecule has 2 heteroatoms. The van der Waals surface area contributed by atoms with Crippen LogP contribution in [0.1, 0.15) is 38.7 Å². The first kappa shape index (κ1) is 13.2. The third-order valence-corrected chi connectivity index (χ3v) is 2.75. The second-order valence-electron chi connectivity index (χ2n) is 4.38. The monoisotopic (exact) mass is 223 g/mol. The summed E-state index contributed by atoms with van der Waals surface area (Å²) in [6, 6.07) is 7.47. The molecule has 0 saturated heterocycles. The van der Waals surface area contributed by atoms with Gasteiger partial charge in [0.15, 0.2) is 0 Å². The fourth-order valence-electron chi connectivity index (χ4n) is 1.87. The van der Waals surface area contributed by atoms with Crippen LogP contribution in [0.3, 0.4) is 0 Å². The van der Waals surface area contributed by atoms with E-state index in [0.29, 0.717) is 6.04 Å². The van der Waals surface area contributed by atoms with Crippen LogP contribution in [0.2, 0.25) is 0 Å². The highest BCUT2D eigenvalue weighted by molar-refractivity contribution is 5.16. The van der Waals surface area contributed by atoms with Gasteiger partial charge >= 0.3 is 0 Å². The average molecular weight is 223 g/mol. The normalized spacial score (nSPS) is 12.7. The molecule has 0 aliphatic heterocycles. The van der Waals surface area contributed by atoms with Crippen molar-refractivity contribution in [3.8, 4) is 0 Å². The van der Waals surface area contributed by atoms with E-state index < -0.39 is 0 Å². The molecule has 1 nitrogen and oxygen atoms in total. The molecule has 0 radical (unpaired) electrons. The molecule has 90 valence electrons. The molecule has 0 aliphatic rings. The Kier molecular flexibility index (Phi) is 6.09. The molecular formula is C14H22FN. The summed E-state index contributed by atoms with van der Waals surface area (Å²) >= 11 is 0. The first-order valence-electron chi connectivity index (χ1n) is 6.20. The van der Waals surface area contributed by atoms with Gasteiger partial charge in [-0.3, -0.25) is 0 Å². The van der Waals surface area contributed by atoms with Gasteiger partial charge in [-0.1, -0.05) is 25.5 Å². The number of halogens is 1. The van der Waals surface area contributed by atoms with E-state index >= 15 is 0 Å². The van der Waals surface area contributed by atoms with E-state index in [1.54, 1.807) is 12.1 Å². The van der Waals surface area contributed by atoms with Crippen LogP contribution >= 0.6 is 0 Å². The number of rotatable bonds is 7. The summed E-state index contributed by atoms with van der Waals surface area (Å²) in [5.41, 5.74) is 1.09. The Labute approximate surface area is 98.1 Å². The Hall–Kier alpha value is -0.890. The topological polar surface area (TPSA) is 12.0 Å². The van der Waals surface area contributed by atoms with E-state index in [1.807, 2.05) is 6.07 Å². The van der Waals surface area contributed by atoms with Crippen molar-refractivity contribution in [2.45, 2.75) is 45.6 Å². The smallest absolute Gasteiger partial charge is 0.123 e. The maximum Gasteiger partial charge on any atom is 0.123 e. The second kappa shape index (κ2) is 7.39. The summed E-state index contributed by atoms with van der Waals surface area (Å²) in [7, 11) is 0. The van der Waals surface area contributed by atoms with Gasteiger partial charge in [0.2, 0.25) is 0 Å². The maximum absolute atomic E-state index is 12.9. The molecule has 1 N–H and O–H groups in total. The highest BCUT2D eigenvalue weighted by Gasteiger charge is 1.99. The lowest BCUT2D eigenvalue weighted by molar-refractivity contribution is 0.501. The predicted molar refractivity (Wildman–Crippen MR) is 67.1 cm³/mol. The van der Waals surface area contributed by atoms with Crippen LogP contribution in [-0.2, 0) is 6.42 Å². The van der Waals surface area contributed by atoms with Gasteiger partial charge in [0, 0.05) is 6.04 Å². The lowest BCUT2D eigenvalue weighted by atomic mass is 10.1. The first-order chi connectivity index (χ1) is 7.72. The van der Waals surface area contributed by atoms with Crippen LogP contribution in [0.25, 0.3) is 0 Å². The molecule has 0 heterocycles. The molecule has 1 rings (SSSR count). The molecule has 1 aromatic rings. The SMILES string of the molecule is CCCC(C)NCCCc1cccc(F)c1. The molecule has 0 spiro atoms. The summed E-state index contributed by atoms with van der Waals surface area (Å²) in [6.07, 6.45) is 4.46. The standard InChI is InChI=1S/C14H22FN/c1-3-6-12(2)16-10-5-8-13-7-4-9-14(15)11-13/h4,7,9,11-12,16H,3,5-6,8,10H2,1-2H3. The fraction of sp³-hybridized carbons (Fsp3) is 0.571. The van der Waals surface area contributed by atoms with Crippen LogP contribution < -0.4 is 5.32 Å². The van der Waals surface area contributed by atoms with Crippen molar-refractivity contribution < 1.29 is 4.39 Å². The third-order valence-electron chi connectivity index (χ3n) is 2.75. The van der Waals surface area contributed by atoms with Gasteiger partial charge in [-0.15, -0.1) is 0 Å². The average Bonchev–Trinajstić information content (AvgIpc) is 2.25. The Bertz CT molecular complexity index is 299. The lowest BCUT2D eigenvalue weighted by Gasteiger charge is -2.12. The summed E-state index contributed by atoms with van der Waals surface area (Å²) in [6.45, 7) is 5.42. The zero-order valence-electron chi connectivity index (χ0n) is 10.3. The molecule has 1 aromatic carbocycles. The van der Waals surface area contributed by atoms with Crippen LogP contribution in [-0.4, -0.2) is 12.6 Å². The Balaban J connectivity index is 2.16. The van der Waals surface area contributed by atoms with Gasteiger partial charge in [0.05, 0.1) is 0 Å². The van der Waals surface area contributed by atoms with Crippen molar-refractivity contribution in [2.75, 3.05) is 6.54 Å². The van der Waals surface area contributed by atoms with Crippen LogP contribution in [0, 0.1) is 5.82 Å². The van der Waals surface area contributed by atoms with Gasteiger partial charge in [-0.05, 0) is 50.4 Å². The predicted octanol–water partition coefficient (Wildman–Crippen LogP) is 3.54. The minimum Gasteiger partial charge on any atom is -0.314 e. The number of benzene rings is 1. The van der Waals surface area contributed by atoms with E-state index in [4.69, 9.17) is 0 Å². The highest BCUT2D eigenvalue weighted by Crippen LogP contribution is 2.05. The number of aryl methyl sites for hydroxylation is 1. The number of nitrogens with one attached hydrogen (secondary N) is 1.